The van der Waals surface area contributed by atoms with Crippen molar-refractivity contribution < 1.29 is 19.1 Å². The van der Waals surface area contributed by atoms with Crippen molar-refractivity contribution in [2.24, 2.45) is 0 Å². The highest BCUT2D eigenvalue weighted by atomic mass is 16.6. The summed E-state index contributed by atoms with van der Waals surface area (Å²) in [6.45, 7) is 1.82. The first kappa shape index (κ1) is 14.0. The van der Waals surface area contributed by atoms with E-state index in [1.54, 1.807) is 6.92 Å². The summed E-state index contributed by atoms with van der Waals surface area (Å²) in [5, 5.41) is 2.33. The predicted octanol–water partition coefficient (Wildman–Crippen LogP) is 2.07. The van der Waals surface area contributed by atoms with Crippen molar-refractivity contribution in [3.63, 3.8) is 0 Å². The molecule has 0 aromatic carbocycles. The van der Waals surface area contributed by atoms with Gasteiger partial charge >= 0.3 is 12.1 Å². The molecule has 0 aromatic rings. The van der Waals surface area contributed by atoms with Crippen molar-refractivity contribution in [1.29, 1.82) is 0 Å². The molecule has 0 saturated heterocycles. The molecule has 0 spiro atoms. The van der Waals surface area contributed by atoms with Crippen LogP contribution in [0.1, 0.15) is 19.8 Å². The SMILES string of the molecule is C/C=C(/NC(=O)OCC1=CCCC=C1)C(=O)OC. The Labute approximate surface area is 106 Å². The lowest BCUT2D eigenvalue weighted by atomic mass is 10.1. The van der Waals surface area contributed by atoms with E-state index >= 15 is 0 Å². The van der Waals surface area contributed by atoms with E-state index < -0.39 is 12.1 Å². The lowest BCUT2D eigenvalue weighted by Gasteiger charge is -2.10. The molecular formula is C13H17NO4. The van der Waals surface area contributed by atoms with Crippen LogP contribution in [0.25, 0.3) is 0 Å². The Morgan fingerprint density at radius 1 is 1.44 bits per heavy atom. The molecule has 1 rings (SSSR count). The summed E-state index contributed by atoms with van der Waals surface area (Å²) in [5.41, 5.74) is 1.02. The lowest BCUT2D eigenvalue weighted by molar-refractivity contribution is -0.136. The summed E-state index contributed by atoms with van der Waals surface area (Å²) >= 11 is 0. The Bertz CT molecular complexity index is 407. The van der Waals surface area contributed by atoms with Crippen molar-refractivity contribution in [2.75, 3.05) is 13.7 Å². The summed E-state index contributed by atoms with van der Waals surface area (Å²) < 4.78 is 9.49. The minimum absolute atomic E-state index is 0.0654. The second-order valence-electron chi connectivity index (χ2n) is 3.65. The molecule has 1 amide bonds. The summed E-state index contributed by atoms with van der Waals surface area (Å²) in [5.74, 6) is -0.605. The van der Waals surface area contributed by atoms with Gasteiger partial charge in [0.25, 0.3) is 0 Å². The quantitative estimate of drug-likeness (QED) is 0.613. The molecule has 98 valence electrons. The van der Waals surface area contributed by atoms with Gasteiger partial charge in [-0.05, 0) is 25.3 Å². The Balaban J connectivity index is 2.39. The molecule has 0 radical (unpaired) electrons. The highest BCUT2D eigenvalue weighted by molar-refractivity contribution is 5.92. The van der Waals surface area contributed by atoms with E-state index in [4.69, 9.17) is 4.74 Å². The fraction of sp³-hybridized carbons (Fsp3) is 0.385. The van der Waals surface area contributed by atoms with E-state index in [1.807, 2.05) is 18.2 Å². The molecule has 0 aliphatic heterocycles. The van der Waals surface area contributed by atoms with Crippen molar-refractivity contribution in [3.8, 4) is 0 Å². The number of nitrogens with one attached hydrogen (secondary N) is 1. The summed E-state index contributed by atoms with van der Waals surface area (Å²) in [6, 6.07) is 0. The van der Waals surface area contributed by atoms with Gasteiger partial charge in [-0.2, -0.15) is 0 Å². The Hall–Kier alpha value is -2.04. The van der Waals surface area contributed by atoms with Crippen LogP contribution in [0.2, 0.25) is 0 Å². The number of hydrogen-bond acceptors (Lipinski definition) is 4. The van der Waals surface area contributed by atoms with Gasteiger partial charge in [-0.15, -0.1) is 0 Å². The zero-order valence-corrected chi connectivity index (χ0v) is 10.6. The number of hydrogen-bond donors (Lipinski definition) is 1. The number of alkyl carbamates (subject to hydrolysis) is 1. The molecule has 0 bridgehead atoms. The predicted molar refractivity (Wildman–Crippen MR) is 66.7 cm³/mol. The van der Waals surface area contributed by atoms with Gasteiger partial charge in [0.1, 0.15) is 12.3 Å². The van der Waals surface area contributed by atoms with Crippen molar-refractivity contribution in [2.45, 2.75) is 19.8 Å². The Morgan fingerprint density at radius 3 is 2.78 bits per heavy atom. The normalized spacial score (nSPS) is 14.8. The molecular weight excluding hydrogens is 234 g/mol. The number of ether oxygens (including phenoxy) is 2. The first-order valence-corrected chi connectivity index (χ1v) is 5.71. The minimum atomic E-state index is -0.673. The monoisotopic (exact) mass is 251 g/mol. The third-order valence-corrected chi connectivity index (χ3v) is 2.37. The third-order valence-electron chi connectivity index (χ3n) is 2.37. The van der Waals surface area contributed by atoms with Gasteiger partial charge in [0.2, 0.25) is 0 Å². The number of carbonyl (C=O) groups is 2. The van der Waals surface area contributed by atoms with Gasteiger partial charge < -0.3 is 9.47 Å². The van der Waals surface area contributed by atoms with Crippen molar-refractivity contribution in [3.05, 3.63) is 35.6 Å². The van der Waals surface area contributed by atoms with Gasteiger partial charge in [-0.1, -0.05) is 24.3 Å². The van der Waals surface area contributed by atoms with E-state index in [1.165, 1.54) is 13.2 Å². The van der Waals surface area contributed by atoms with Crippen LogP contribution in [0.4, 0.5) is 4.79 Å². The van der Waals surface area contributed by atoms with Crippen LogP contribution in [-0.4, -0.2) is 25.8 Å². The largest absolute Gasteiger partial charge is 0.464 e. The molecule has 18 heavy (non-hydrogen) atoms. The maximum atomic E-state index is 11.4. The van der Waals surface area contributed by atoms with Crippen LogP contribution in [0.3, 0.4) is 0 Å². The van der Waals surface area contributed by atoms with E-state index in [0.717, 1.165) is 18.4 Å². The molecule has 1 aliphatic carbocycles. The zero-order valence-electron chi connectivity index (χ0n) is 10.6. The Kier molecular flexibility index (Phi) is 5.70. The third kappa shape index (κ3) is 4.45. The van der Waals surface area contributed by atoms with Gasteiger partial charge in [0, 0.05) is 0 Å². The summed E-state index contributed by atoms with van der Waals surface area (Å²) in [6.07, 6.45) is 8.72. The van der Waals surface area contributed by atoms with Crippen molar-refractivity contribution >= 4 is 12.1 Å². The second kappa shape index (κ2) is 7.32. The van der Waals surface area contributed by atoms with Gasteiger partial charge in [-0.3, -0.25) is 5.32 Å². The van der Waals surface area contributed by atoms with Crippen LogP contribution in [-0.2, 0) is 14.3 Å². The fourth-order valence-corrected chi connectivity index (χ4v) is 1.42. The van der Waals surface area contributed by atoms with Gasteiger partial charge in [0.15, 0.2) is 0 Å². The number of amides is 1. The standard InChI is InChI=1S/C13H17NO4/c1-3-11(12(15)17-2)14-13(16)18-9-10-7-5-4-6-8-10/h3,5,7-8H,4,6,9H2,1-2H3,(H,14,16)/b11-3+. The minimum Gasteiger partial charge on any atom is -0.464 e. The average molecular weight is 251 g/mol. The van der Waals surface area contributed by atoms with Crippen LogP contribution >= 0.6 is 0 Å². The van der Waals surface area contributed by atoms with Gasteiger partial charge in [-0.25, -0.2) is 9.59 Å². The zero-order chi connectivity index (χ0) is 13.4. The van der Waals surface area contributed by atoms with Crippen LogP contribution in [0.5, 0.6) is 0 Å². The highest BCUT2D eigenvalue weighted by Gasteiger charge is 2.13. The van der Waals surface area contributed by atoms with Crippen LogP contribution < -0.4 is 5.32 Å². The van der Waals surface area contributed by atoms with Crippen LogP contribution in [0, 0.1) is 0 Å². The molecule has 0 fully saturated rings. The molecule has 0 heterocycles. The van der Waals surface area contributed by atoms with Gasteiger partial charge in [0.05, 0.1) is 7.11 Å². The molecule has 0 unspecified atom stereocenters. The average Bonchev–Trinajstić information content (AvgIpc) is 2.42. The van der Waals surface area contributed by atoms with Crippen molar-refractivity contribution in [1.82, 2.24) is 5.32 Å². The summed E-state index contributed by atoms with van der Waals surface area (Å²) in [4.78, 5) is 22.6. The van der Waals surface area contributed by atoms with E-state index in [2.05, 4.69) is 10.1 Å². The molecule has 5 nitrogen and oxygen atoms in total. The molecule has 0 atom stereocenters. The number of esters is 1. The Morgan fingerprint density at radius 2 is 2.22 bits per heavy atom. The molecule has 0 aromatic heterocycles. The summed E-state index contributed by atoms with van der Waals surface area (Å²) in [7, 11) is 1.25. The van der Waals surface area contributed by atoms with E-state index in [9.17, 15) is 9.59 Å². The molecule has 0 saturated carbocycles. The second-order valence-corrected chi connectivity index (χ2v) is 3.65. The molecule has 1 N–H and O–H groups in total. The molecule has 1 aliphatic rings. The lowest BCUT2D eigenvalue weighted by Crippen LogP contribution is -2.29. The first-order chi connectivity index (χ1) is 8.67. The topological polar surface area (TPSA) is 64.6 Å². The number of carbonyl (C=O) groups excluding carboxylic acids is 2. The maximum absolute atomic E-state index is 11.4. The van der Waals surface area contributed by atoms with E-state index in [0.29, 0.717) is 0 Å². The number of rotatable bonds is 4. The number of allylic oxidation sites excluding steroid dienone is 3. The fourth-order valence-electron chi connectivity index (χ4n) is 1.42. The highest BCUT2D eigenvalue weighted by Crippen LogP contribution is 2.09. The smallest absolute Gasteiger partial charge is 0.412 e. The maximum Gasteiger partial charge on any atom is 0.412 e. The molecule has 5 heteroatoms. The van der Waals surface area contributed by atoms with E-state index in [-0.39, 0.29) is 12.3 Å². The first-order valence-electron chi connectivity index (χ1n) is 5.71. The van der Waals surface area contributed by atoms with Crippen LogP contribution in [0.15, 0.2) is 35.6 Å². The number of methoxy groups -OCH3 is 1.